The second-order valence-electron chi connectivity index (χ2n) is 19.7. The molecule has 3 atom stereocenters. The standard InChI is InChI=1S/C68H43NS3/c1-4-20-49-47(18-1)65-55(67(49)51-22-6-11-31-60(51)71-61-32-12-7-23-52(61)67)26-15-28-57(65)69(44-38-35-42(36-39-44)43-37-40-46-45-17-3-10-30-59(45)70-64(46)41-43)58-29-16-27-56-66(58)48-19-2-5-21-50(48)68(56)53-24-8-13-33-62(53)72-63-34-14-9-25-54(63)68/h1-41,51,60H. The van der Waals surface area contributed by atoms with Crippen molar-refractivity contribution in [1.29, 1.82) is 0 Å². The molecule has 4 heteroatoms. The molecular weight excluding hydrogens is 927 g/mol. The molecule has 0 saturated carbocycles. The lowest BCUT2D eigenvalue weighted by Crippen LogP contribution is -2.43. The predicted octanol–water partition coefficient (Wildman–Crippen LogP) is 18.6. The maximum absolute atomic E-state index is 2.62. The Bertz CT molecular complexity index is 4110. The molecule has 3 heterocycles. The summed E-state index contributed by atoms with van der Waals surface area (Å²) >= 11 is 5.79. The van der Waals surface area contributed by atoms with Gasteiger partial charge < -0.3 is 4.90 Å². The van der Waals surface area contributed by atoms with E-state index in [4.69, 9.17) is 0 Å². The summed E-state index contributed by atoms with van der Waals surface area (Å²) in [5.41, 5.74) is 19.7. The van der Waals surface area contributed by atoms with Crippen molar-refractivity contribution in [2.24, 2.45) is 5.92 Å². The molecule has 11 aromatic rings. The highest BCUT2D eigenvalue weighted by molar-refractivity contribution is 8.00. The Balaban J connectivity index is 0.973. The van der Waals surface area contributed by atoms with Gasteiger partial charge in [-0.1, -0.05) is 206 Å². The Hall–Kier alpha value is -7.60. The first-order valence-electron chi connectivity index (χ1n) is 25.0. The molecular formula is C68H43NS3. The van der Waals surface area contributed by atoms with Crippen LogP contribution in [0.5, 0.6) is 0 Å². The summed E-state index contributed by atoms with van der Waals surface area (Å²) in [6, 6.07) is 85.6. The van der Waals surface area contributed by atoms with Crippen LogP contribution in [0.15, 0.2) is 263 Å². The zero-order valence-corrected chi connectivity index (χ0v) is 41.4. The van der Waals surface area contributed by atoms with E-state index >= 15 is 0 Å². The number of anilines is 3. The maximum atomic E-state index is 2.62. The van der Waals surface area contributed by atoms with Crippen molar-refractivity contribution in [2.75, 3.05) is 4.90 Å². The van der Waals surface area contributed by atoms with Gasteiger partial charge in [0.25, 0.3) is 0 Å². The molecule has 5 aliphatic rings. The van der Waals surface area contributed by atoms with Gasteiger partial charge >= 0.3 is 0 Å². The van der Waals surface area contributed by atoms with Gasteiger partial charge in [0.15, 0.2) is 0 Å². The van der Waals surface area contributed by atoms with Crippen molar-refractivity contribution in [3.8, 4) is 33.4 Å². The van der Waals surface area contributed by atoms with E-state index in [1.54, 1.807) is 0 Å². The van der Waals surface area contributed by atoms with Crippen LogP contribution in [0.4, 0.5) is 17.1 Å². The minimum absolute atomic E-state index is 0.225. The van der Waals surface area contributed by atoms with Gasteiger partial charge in [-0.2, -0.15) is 0 Å². The van der Waals surface area contributed by atoms with Gasteiger partial charge in [-0.05, 0) is 116 Å². The Morgan fingerprint density at radius 1 is 0.389 bits per heavy atom. The number of rotatable bonds is 4. The highest BCUT2D eigenvalue weighted by Gasteiger charge is 2.56. The Labute approximate surface area is 431 Å². The third-order valence-electron chi connectivity index (χ3n) is 16.4. The lowest BCUT2D eigenvalue weighted by atomic mass is 9.62. The molecule has 16 rings (SSSR count). The molecule has 3 unspecified atom stereocenters. The van der Waals surface area contributed by atoms with E-state index in [0.717, 1.165) is 5.69 Å². The number of fused-ring (bicyclic) bond motifs is 21. The summed E-state index contributed by atoms with van der Waals surface area (Å²) in [6.07, 6.45) is 9.47. The molecule has 2 aliphatic heterocycles. The molecule has 0 saturated heterocycles. The quantitative estimate of drug-likeness (QED) is 0.173. The Morgan fingerprint density at radius 3 is 1.71 bits per heavy atom. The second kappa shape index (κ2) is 15.5. The first kappa shape index (κ1) is 41.1. The maximum Gasteiger partial charge on any atom is 0.0736 e. The summed E-state index contributed by atoms with van der Waals surface area (Å²) in [4.78, 5) is 6.60. The van der Waals surface area contributed by atoms with Crippen molar-refractivity contribution in [2.45, 2.75) is 30.8 Å². The fourth-order valence-corrected chi connectivity index (χ4v) is 17.4. The molecule has 0 radical (unpaired) electrons. The lowest BCUT2D eigenvalue weighted by Gasteiger charge is -2.47. The van der Waals surface area contributed by atoms with Gasteiger partial charge in [0.2, 0.25) is 0 Å². The van der Waals surface area contributed by atoms with E-state index in [9.17, 15) is 0 Å². The minimum Gasteiger partial charge on any atom is -0.309 e. The van der Waals surface area contributed by atoms with Crippen LogP contribution in [0.2, 0.25) is 0 Å². The van der Waals surface area contributed by atoms with Gasteiger partial charge in [-0.15, -0.1) is 23.1 Å². The van der Waals surface area contributed by atoms with Crippen LogP contribution >= 0.6 is 34.9 Å². The van der Waals surface area contributed by atoms with Crippen molar-refractivity contribution < 1.29 is 0 Å². The van der Waals surface area contributed by atoms with Crippen molar-refractivity contribution >= 4 is 72.1 Å². The molecule has 2 spiro atoms. The van der Waals surface area contributed by atoms with E-state index in [2.05, 4.69) is 254 Å². The van der Waals surface area contributed by atoms with E-state index < -0.39 is 5.41 Å². The number of allylic oxidation sites excluding steroid dienone is 3. The van der Waals surface area contributed by atoms with E-state index in [-0.39, 0.29) is 11.3 Å². The molecule has 1 nitrogen and oxygen atoms in total. The van der Waals surface area contributed by atoms with Crippen LogP contribution in [0.25, 0.3) is 53.6 Å². The number of thiophene rings is 1. The molecule has 1 aromatic heterocycles. The molecule has 0 amide bonds. The van der Waals surface area contributed by atoms with Gasteiger partial charge in [0, 0.05) is 62.8 Å². The third-order valence-corrected chi connectivity index (χ3v) is 20.0. The molecule has 3 aliphatic carbocycles. The van der Waals surface area contributed by atoms with Crippen LogP contribution < -0.4 is 4.90 Å². The molecule has 72 heavy (non-hydrogen) atoms. The Morgan fingerprint density at radius 2 is 0.944 bits per heavy atom. The monoisotopic (exact) mass is 969 g/mol. The fourth-order valence-electron chi connectivity index (χ4n) is 13.7. The first-order chi connectivity index (χ1) is 35.7. The highest BCUT2D eigenvalue weighted by Crippen LogP contribution is 2.67. The first-order valence-corrected chi connectivity index (χ1v) is 27.5. The summed E-state index contributed by atoms with van der Waals surface area (Å²) in [5.74, 6) is 0.225. The second-order valence-corrected chi connectivity index (χ2v) is 23.1. The van der Waals surface area contributed by atoms with Crippen molar-refractivity contribution in [3.05, 3.63) is 288 Å². The van der Waals surface area contributed by atoms with Crippen LogP contribution in [0.3, 0.4) is 0 Å². The summed E-state index contributed by atoms with van der Waals surface area (Å²) in [7, 11) is 0. The summed E-state index contributed by atoms with van der Waals surface area (Å²) in [5, 5.41) is 2.95. The third kappa shape index (κ3) is 5.42. The van der Waals surface area contributed by atoms with Gasteiger partial charge in [-0.25, -0.2) is 0 Å². The average Bonchev–Trinajstić information content (AvgIpc) is 4.07. The number of nitrogens with zero attached hydrogens (tertiary/aromatic N) is 1. The smallest absolute Gasteiger partial charge is 0.0736 e. The van der Waals surface area contributed by atoms with Crippen molar-refractivity contribution in [1.82, 2.24) is 0 Å². The van der Waals surface area contributed by atoms with E-state index in [0.29, 0.717) is 5.25 Å². The highest BCUT2D eigenvalue weighted by atomic mass is 32.2. The molecule has 0 bridgehead atoms. The number of hydrogen-bond donors (Lipinski definition) is 0. The topological polar surface area (TPSA) is 3.24 Å². The van der Waals surface area contributed by atoms with Gasteiger partial charge in [0.05, 0.1) is 22.2 Å². The molecule has 338 valence electrons. The summed E-state index contributed by atoms with van der Waals surface area (Å²) in [6.45, 7) is 0. The normalized spacial score (nSPS) is 18.8. The van der Waals surface area contributed by atoms with Gasteiger partial charge in [0.1, 0.15) is 0 Å². The predicted molar refractivity (Wildman–Crippen MR) is 304 cm³/mol. The summed E-state index contributed by atoms with van der Waals surface area (Å²) < 4.78 is 2.64. The molecule has 0 N–H and O–H groups in total. The minimum atomic E-state index is -0.504. The zero-order chi connectivity index (χ0) is 47.1. The van der Waals surface area contributed by atoms with Gasteiger partial charge in [-0.3, -0.25) is 0 Å². The van der Waals surface area contributed by atoms with Crippen molar-refractivity contribution in [3.63, 3.8) is 0 Å². The number of thioether (sulfide) groups is 1. The molecule has 10 aromatic carbocycles. The fraction of sp³-hybridized carbons (Fsp3) is 0.0588. The van der Waals surface area contributed by atoms with E-state index in [1.807, 2.05) is 34.9 Å². The van der Waals surface area contributed by atoms with Crippen LogP contribution in [0, 0.1) is 5.92 Å². The molecule has 0 fully saturated rings. The number of hydrogen-bond acceptors (Lipinski definition) is 4. The average molecular weight is 970 g/mol. The van der Waals surface area contributed by atoms with Crippen LogP contribution in [-0.4, -0.2) is 5.25 Å². The number of benzene rings is 10. The van der Waals surface area contributed by atoms with E-state index in [1.165, 1.54) is 119 Å². The zero-order valence-electron chi connectivity index (χ0n) is 39.0. The van der Waals surface area contributed by atoms with Crippen LogP contribution in [-0.2, 0) is 10.8 Å². The SMILES string of the molecule is C1=CC2Sc3ccccc3C3(c4ccccc4-c4c(N(c5ccc(-c6ccc7c(c6)sc6ccccc67)cc5)c5cccc6c5-c5ccccc5C65c6ccccc6Sc6ccccc65)cccc43)C2C=C1. The van der Waals surface area contributed by atoms with Crippen LogP contribution in [0.1, 0.15) is 38.9 Å². The largest absolute Gasteiger partial charge is 0.309 e. The lowest BCUT2D eigenvalue weighted by molar-refractivity contribution is 0.449. The Kier molecular flexibility index (Phi) is 8.81.